The number of esters is 1. The number of hydrogen-bond donors (Lipinski definition) is 2. The lowest BCUT2D eigenvalue weighted by Gasteiger charge is -2.30. The number of allylic oxidation sites excluding steroid dienone is 1. The molecule has 0 aliphatic carbocycles. The first kappa shape index (κ1) is 17.6. The highest BCUT2D eigenvalue weighted by atomic mass is 16.5. The van der Waals surface area contributed by atoms with Crippen molar-refractivity contribution in [3.05, 3.63) is 71.6 Å². The van der Waals surface area contributed by atoms with E-state index in [2.05, 4.69) is 20.9 Å². The normalized spacial score (nSPS) is 16.3. The second-order valence-corrected chi connectivity index (χ2v) is 7.60. The fourth-order valence-electron chi connectivity index (χ4n) is 4.12. The van der Waals surface area contributed by atoms with Crippen LogP contribution in [-0.4, -0.2) is 26.6 Å². The number of H-pyrrole nitrogens is 1. The predicted octanol–water partition coefficient (Wildman–Crippen LogP) is 4.76. The van der Waals surface area contributed by atoms with E-state index in [1.54, 1.807) is 0 Å². The van der Waals surface area contributed by atoms with E-state index in [0.29, 0.717) is 5.57 Å². The zero-order chi connectivity index (χ0) is 20.1. The van der Waals surface area contributed by atoms with E-state index in [1.165, 1.54) is 0 Å². The van der Waals surface area contributed by atoms with Gasteiger partial charge in [-0.05, 0) is 39.0 Å². The number of ether oxygens (including phenoxy) is 1. The molecule has 0 amide bonds. The number of aromatic amines is 1. The van der Waals surface area contributed by atoms with E-state index in [0.717, 1.165) is 39.1 Å². The van der Waals surface area contributed by atoms with Crippen LogP contribution in [0.15, 0.2) is 66.0 Å². The number of aromatic nitrogens is 3. The molecule has 1 atom stereocenters. The summed E-state index contributed by atoms with van der Waals surface area (Å²) < 4.78 is 7.72. The van der Waals surface area contributed by atoms with Crippen LogP contribution in [0.5, 0.6) is 0 Å². The Morgan fingerprint density at radius 1 is 1.14 bits per heavy atom. The van der Waals surface area contributed by atoms with Gasteiger partial charge in [0.1, 0.15) is 0 Å². The number of nitrogens with one attached hydrogen (secondary N) is 2. The molecule has 146 valence electrons. The van der Waals surface area contributed by atoms with Crippen molar-refractivity contribution in [1.29, 1.82) is 0 Å². The van der Waals surface area contributed by atoms with Crippen molar-refractivity contribution in [3.8, 4) is 0 Å². The summed E-state index contributed by atoms with van der Waals surface area (Å²) in [5, 5.41) is 4.39. The van der Waals surface area contributed by atoms with Crippen LogP contribution in [-0.2, 0) is 9.53 Å². The van der Waals surface area contributed by atoms with Crippen LogP contribution in [0.4, 0.5) is 5.95 Å². The topological polar surface area (TPSA) is 71.9 Å². The number of carbonyl (C=O) groups is 1. The van der Waals surface area contributed by atoms with Gasteiger partial charge in [-0.1, -0.05) is 30.3 Å². The van der Waals surface area contributed by atoms with Crippen molar-refractivity contribution >= 4 is 33.9 Å². The Labute approximate surface area is 168 Å². The Kier molecular flexibility index (Phi) is 3.94. The molecule has 0 unspecified atom stereocenters. The van der Waals surface area contributed by atoms with Gasteiger partial charge in [0.25, 0.3) is 0 Å². The summed E-state index contributed by atoms with van der Waals surface area (Å²) in [6.07, 6.45) is 1.78. The molecule has 0 saturated carbocycles. The van der Waals surface area contributed by atoms with Crippen LogP contribution in [0.1, 0.15) is 32.4 Å². The third-order valence-corrected chi connectivity index (χ3v) is 5.31. The maximum absolute atomic E-state index is 13.2. The minimum absolute atomic E-state index is 0.202. The lowest BCUT2D eigenvalue weighted by Crippen LogP contribution is -2.29. The van der Waals surface area contributed by atoms with Gasteiger partial charge >= 0.3 is 5.97 Å². The molecular formula is C23H22N4O2. The summed E-state index contributed by atoms with van der Waals surface area (Å²) in [5.41, 5.74) is 5.24. The van der Waals surface area contributed by atoms with Crippen LogP contribution in [0.2, 0.25) is 0 Å². The summed E-state index contributed by atoms with van der Waals surface area (Å²) in [5.74, 6) is 0.406. The summed E-state index contributed by atoms with van der Waals surface area (Å²) in [6, 6.07) is 15.7. The molecule has 4 aromatic rings. The molecule has 0 fully saturated rings. The molecular weight excluding hydrogens is 364 g/mol. The van der Waals surface area contributed by atoms with Crippen molar-refractivity contribution in [1.82, 2.24) is 14.5 Å². The van der Waals surface area contributed by atoms with Crippen LogP contribution >= 0.6 is 0 Å². The van der Waals surface area contributed by atoms with Gasteiger partial charge in [-0.3, -0.25) is 4.57 Å². The van der Waals surface area contributed by atoms with Crippen molar-refractivity contribution in [2.24, 2.45) is 0 Å². The Bertz CT molecular complexity index is 1280. The van der Waals surface area contributed by atoms with Gasteiger partial charge in [-0.15, -0.1) is 0 Å². The number of benzene rings is 2. The molecule has 2 N–H and O–H groups in total. The SMILES string of the molecule is CC1=C(C(=O)OC(C)C)[C@@H](c2c[nH]c3ccccc23)n2c(nc3ccccc32)N1. The Balaban J connectivity index is 1.80. The van der Waals surface area contributed by atoms with E-state index in [1.807, 2.05) is 69.4 Å². The fourth-order valence-corrected chi connectivity index (χ4v) is 4.12. The highest BCUT2D eigenvalue weighted by Crippen LogP contribution is 2.41. The minimum atomic E-state index is -0.346. The number of para-hydroxylation sites is 3. The zero-order valence-electron chi connectivity index (χ0n) is 16.6. The standard InChI is InChI=1S/C23H22N4O2/c1-13(2)29-22(28)20-14(3)25-23-26-18-10-6-7-11-19(18)27(23)21(20)16-12-24-17-9-5-4-8-15(16)17/h4-13,21,24H,1-3H3,(H,25,26)/t21-/m1/s1. The molecule has 6 heteroatoms. The smallest absolute Gasteiger partial charge is 0.338 e. The first-order valence-electron chi connectivity index (χ1n) is 9.76. The summed E-state index contributed by atoms with van der Waals surface area (Å²) >= 11 is 0. The van der Waals surface area contributed by atoms with E-state index in [9.17, 15) is 4.79 Å². The molecule has 1 aliphatic rings. The van der Waals surface area contributed by atoms with Crippen molar-refractivity contribution in [2.75, 3.05) is 5.32 Å². The van der Waals surface area contributed by atoms with Crippen LogP contribution < -0.4 is 5.32 Å². The average molecular weight is 386 g/mol. The first-order chi connectivity index (χ1) is 14.0. The first-order valence-corrected chi connectivity index (χ1v) is 9.76. The Morgan fingerprint density at radius 2 is 1.90 bits per heavy atom. The molecule has 0 saturated heterocycles. The molecule has 2 aromatic carbocycles. The second-order valence-electron chi connectivity index (χ2n) is 7.60. The van der Waals surface area contributed by atoms with E-state index >= 15 is 0 Å². The van der Waals surface area contributed by atoms with E-state index in [-0.39, 0.29) is 18.1 Å². The molecule has 0 spiro atoms. The molecule has 0 bridgehead atoms. The number of nitrogens with zero attached hydrogens (tertiary/aromatic N) is 2. The predicted molar refractivity (Wildman–Crippen MR) is 114 cm³/mol. The van der Waals surface area contributed by atoms with Gasteiger partial charge in [0, 0.05) is 28.4 Å². The van der Waals surface area contributed by atoms with Gasteiger partial charge in [0.15, 0.2) is 0 Å². The summed E-state index contributed by atoms with van der Waals surface area (Å²) in [6.45, 7) is 5.63. The van der Waals surface area contributed by atoms with Gasteiger partial charge in [0.2, 0.25) is 5.95 Å². The summed E-state index contributed by atoms with van der Waals surface area (Å²) in [4.78, 5) is 21.3. The molecule has 5 rings (SSSR count). The maximum atomic E-state index is 13.2. The van der Waals surface area contributed by atoms with Gasteiger partial charge < -0.3 is 15.0 Å². The maximum Gasteiger partial charge on any atom is 0.338 e. The lowest BCUT2D eigenvalue weighted by molar-refractivity contribution is -0.143. The minimum Gasteiger partial charge on any atom is -0.459 e. The lowest BCUT2D eigenvalue weighted by atomic mass is 9.94. The molecule has 0 radical (unpaired) electrons. The van der Waals surface area contributed by atoms with Gasteiger partial charge in [-0.2, -0.15) is 0 Å². The molecule has 2 aromatic heterocycles. The van der Waals surface area contributed by atoms with Crippen molar-refractivity contribution in [3.63, 3.8) is 0 Å². The largest absolute Gasteiger partial charge is 0.459 e. The third kappa shape index (κ3) is 2.71. The van der Waals surface area contributed by atoms with Crippen LogP contribution in [0.3, 0.4) is 0 Å². The highest BCUT2D eigenvalue weighted by Gasteiger charge is 2.36. The quantitative estimate of drug-likeness (QED) is 0.498. The number of anilines is 1. The fraction of sp³-hybridized carbons (Fsp3) is 0.217. The molecule has 29 heavy (non-hydrogen) atoms. The third-order valence-electron chi connectivity index (χ3n) is 5.31. The number of imidazole rings is 1. The number of carbonyl (C=O) groups excluding carboxylic acids is 1. The monoisotopic (exact) mass is 386 g/mol. The van der Waals surface area contributed by atoms with Gasteiger partial charge in [-0.25, -0.2) is 9.78 Å². The van der Waals surface area contributed by atoms with Crippen molar-refractivity contribution in [2.45, 2.75) is 32.9 Å². The molecule has 3 heterocycles. The van der Waals surface area contributed by atoms with E-state index in [4.69, 9.17) is 9.72 Å². The van der Waals surface area contributed by atoms with Crippen LogP contribution in [0.25, 0.3) is 21.9 Å². The van der Waals surface area contributed by atoms with Crippen molar-refractivity contribution < 1.29 is 9.53 Å². The average Bonchev–Trinajstić information content (AvgIpc) is 3.27. The highest BCUT2D eigenvalue weighted by molar-refractivity contribution is 5.96. The molecule has 6 nitrogen and oxygen atoms in total. The molecule has 1 aliphatic heterocycles. The Hall–Kier alpha value is -3.54. The van der Waals surface area contributed by atoms with Gasteiger partial charge in [0.05, 0.1) is 28.8 Å². The summed E-state index contributed by atoms with van der Waals surface area (Å²) in [7, 11) is 0. The van der Waals surface area contributed by atoms with E-state index < -0.39 is 0 Å². The second kappa shape index (κ2) is 6.51. The number of rotatable bonds is 3. The Morgan fingerprint density at radius 3 is 2.72 bits per heavy atom. The number of fused-ring (bicyclic) bond motifs is 4. The number of hydrogen-bond acceptors (Lipinski definition) is 4. The zero-order valence-corrected chi connectivity index (χ0v) is 16.6. The van der Waals surface area contributed by atoms with Crippen LogP contribution in [0, 0.1) is 0 Å².